The van der Waals surface area contributed by atoms with Crippen LogP contribution in [0, 0.1) is 11.6 Å². The number of aliphatic hydroxyl groups is 1. The second-order valence-electron chi connectivity index (χ2n) is 7.77. The minimum atomic E-state index is -4.64. The molecule has 0 fully saturated rings. The molecule has 210 valence electrons. The molecule has 39 heavy (non-hydrogen) atoms. The van der Waals surface area contributed by atoms with Crippen molar-refractivity contribution < 1.29 is 46.3 Å². The number of rotatable bonds is 8. The van der Waals surface area contributed by atoms with Crippen molar-refractivity contribution in [2.24, 2.45) is 0 Å². The molecule has 2 aromatic heterocycles. The minimum absolute atomic E-state index is 0.0123. The number of nitrogens with zero attached hydrogens (tertiary/aromatic N) is 4. The average molecular weight is 608 g/mol. The summed E-state index contributed by atoms with van der Waals surface area (Å²) in [5.41, 5.74) is 0.970. The Morgan fingerprint density at radius 3 is 2.38 bits per heavy atom. The zero-order valence-corrected chi connectivity index (χ0v) is 22.3. The monoisotopic (exact) mass is 607 g/mol. The predicted molar refractivity (Wildman–Crippen MR) is 137 cm³/mol. The fraction of sp³-hybridized carbons (Fsp3) is 0.190. The first-order valence-electron chi connectivity index (χ1n) is 10.6. The van der Waals surface area contributed by atoms with Crippen LogP contribution in [0.3, 0.4) is 0 Å². The molecule has 2 aromatic carbocycles. The number of benzene rings is 2. The summed E-state index contributed by atoms with van der Waals surface area (Å²) in [6.45, 7) is -0.577. The number of hydrogen-bond acceptors (Lipinski definition) is 9. The lowest BCUT2D eigenvalue weighted by molar-refractivity contribution is 0.200. The van der Waals surface area contributed by atoms with Crippen LogP contribution in [0.2, 0.25) is 5.02 Å². The van der Waals surface area contributed by atoms with Crippen molar-refractivity contribution in [3.05, 3.63) is 59.1 Å². The largest absolute Gasteiger partial charge is 0.466 e. The maximum Gasteiger partial charge on any atom is 0.466 e. The van der Waals surface area contributed by atoms with Crippen molar-refractivity contribution in [3.63, 3.8) is 0 Å². The first-order chi connectivity index (χ1) is 18.2. The summed E-state index contributed by atoms with van der Waals surface area (Å²) in [6, 6.07) is 9.26. The van der Waals surface area contributed by atoms with E-state index in [-0.39, 0.29) is 35.5 Å². The van der Waals surface area contributed by atoms with Gasteiger partial charge in [0, 0.05) is 24.4 Å². The van der Waals surface area contributed by atoms with Crippen LogP contribution in [0.5, 0.6) is 11.8 Å². The van der Waals surface area contributed by atoms with E-state index in [4.69, 9.17) is 35.6 Å². The molecule has 13 nitrogen and oxygen atoms in total. The molecule has 0 amide bonds. The second kappa shape index (κ2) is 12.3. The van der Waals surface area contributed by atoms with Gasteiger partial charge >= 0.3 is 13.8 Å². The highest BCUT2D eigenvalue weighted by Gasteiger charge is 2.22. The van der Waals surface area contributed by atoms with Crippen molar-refractivity contribution in [2.75, 3.05) is 23.9 Å². The number of aromatic nitrogens is 4. The third-order valence-corrected chi connectivity index (χ3v) is 5.97. The van der Waals surface area contributed by atoms with E-state index < -0.39 is 36.0 Å². The van der Waals surface area contributed by atoms with Crippen LogP contribution in [0.25, 0.3) is 22.3 Å². The Labute approximate surface area is 224 Å². The van der Waals surface area contributed by atoms with Crippen LogP contribution in [-0.4, -0.2) is 66.5 Å². The molecule has 0 aliphatic carbocycles. The molecule has 0 radical (unpaired) electrons. The molecule has 4 aromatic rings. The summed E-state index contributed by atoms with van der Waals surface area (Å²) in [6.07, 6.45) is 1.09. The lowest BCUT2D eigenvalue weighted by Gasteiger charge is -2.11. The normalized spacial score (nSPS) is 11.7. The van der Waals surface area contributed by atoms with Crippen LogP contribution in [0.4, 0.5) is 14.6 Å². The number of sulfone groups is 1. The maximum atomic E-state index is 14.1. The van der Waals surface area contributed by atoms with Crippen LogP contribution >= 0.6 is 19.4 Å². The third kappa shape index (κ3) is 8.63. The molecule has 0 aliphatic heterocycles. The van der Waals surface area contributed by atoms with Crippen LogP contribution in [-0.2, 0) is 21.1 Å². The van der Waals surface area contributed by atoms with Gasteiger partial charge in [0.05, 0.1) is 16.2 Å². The molecule has 0 saturated heterocycles. The Balaban J connectivity index is 0.000000771. The smallest absolute Gasteiger partial charge is 0.421 e. The number of nitrogens with one attached hydrogen (secondary N) is 1. The summed E-state index contributed by atoms with van der Waals surface area (Å²) < 4.78 is 66.1. The summed E-state index contributed by atoms with van der Waals surface area (Å²) >= 11 is 6.35. The highest BCUT2D eigenvalue weighted by Crippen LogP contribution is 2.37. The molecule has 5 N–H and O–H groups in total. The zero-order valence-electron chi connectivity index (χ0n) is 19.9. The van der Waals surface area contributed by atoms with Crippen molar-refractivity contribution in [3.8, 4) is 23.0 Å². The van der Waals surface area contributed by atoms with Crippen molar-refractivity contribution >= 4 is 46.1 Å². The number of anilines is 1. The van der Waals surface area contributed by atoms with E-state index in [2.05, 4.69) is 20.4 Å². The number of phosphoric acid groups is 1. The standard InChI is InChI=1S/C21H18ClF2N5O4S.H3O4P/c1-34(31,32)9-8-25-19-17-18(13-4-2-3-5-14(13)22)28-29(11-30)20(17)27-21(26-19)33-16-7-6-12(23)10-15(16)24;1-5(2,3)4/h2-7,10,30H,8-9,11H2,1H3,(H,25,26,27);(H3,1,2,3,4). The van der Waals surface area contributed by atoms with Gasteiger partial charge < -0.3 is 29.8 Å². The molecule has 0 bridgehead atoms. The first-order valence-corrected chi connectivity index (χ1v) is 14.6. The van der Waals surface area contributed by atoms with Gasteiger partial charge in [0.15, 0.2) is 17.2 Å². The van der Waals surface area contributed by atoms with Crippen molar-refractivity contribution in [1.29, 1.82) is 0 Å². The van der Waals surface area contributed by atoms with Gasteiger partial charge in [-0.05, 0) is 18.2 Å². The quantitative estimate of drug-likeness (QED) is 0.184. The lowest BCUT2D eigenvalue weighted by atomic mass is 10.1. The number of hydrogen-bond donors (Lipinski definition) is 5. The summed E-state index contributed by atoms with van der Waals surface area (Å²) in [4.78, 5) is 30.1. The van der Waals surface area contributed by atoms with Crippen molar-refractivity contribution in [2.45, 2.75) is 6.73 Å². The van der Waals surface area contributed by atoms with E-state index in [9.17, 15) is 22.3 Å². The summed E-state index contributed by atoms with van der Waals surface area (Å²) in [5.74, 6) is -2.16. The van der Waals surface area contributed by atoms with Gasteiger partial charge in [-0.15, -0.1) is 0 Å². The molecular formula is C21H21ClF2N5O8PS. The van der Waals surface area contributed by atoms with Crippen LogP contribution in [0.1, 0.15) is 0 Å². The first kappa shape index (κ1) is 30.3. The van der Waals surface area contributed by atoms with E-state index in [1.807, 2.05) is 0 Å². The molecular weight excluding hydrogens is 587 g/mol. The predicted octanol–water partition coefficient (Wildman–Crippen LogP) is 2.69. The number of fused-ring (bicyclic) bond motifs is 1. The van der Waals surface area contributed by atoms with Crippen LogP contribution < -0.4 is 10.1 Å². The van der Waals surface area contributed by atoms with Gasteiger partial charge in [-0.3, -0.25) is 0 Å². The van der Waals surface area contributed by atoms with Gasteiger partial charge in [0.1, 0.15) is 33.9 Å². The SMILES string of the molecule is CS(=O)(=O)CCNc1nc(Oc2ccc(F)cc2F)nc2c1c(-c1ccccc1Cl)nn2CO.O=P(O)(O)O. The topological polar surface area (TPSA) is 197 Å². The highest BCUT2D eigenvalue weighted by atomic mass is 35.5. The molecule has 0 aliphatic rings. The van der Waals surface area contributed by atoms with Gasteiger partial charge in [0.2, 0.25) is 0 Å². The Morgan fingerprint density at radius 1 is 1.13 bits per heavy atom. The molecule has 0 spiro atoms. The summed E-state index contributed by atoms with van der Waals surface area (Å²) in [5, 5.41) is 17.9. The maximum absolute atomic E-state index is 14.1. The fourth-order valence-corrected chi connectivity index (χ4v) is 3.88. The van der Waals surface area contributed by atoms with Gasteiger partial charge in [0.25, 0.3) is 0 Å². The Kier molecular flexibility index (Phi) is 9.55. The molecule has 0 atom stereocenters. The average Bonchev–Trinajstić information content (AvgIpc) is 3.18. The molecule has 18 heteroatoms. The van der Waals surface area contributed by atoms with Crippen LogP contribution in [0.15, 0.2) is 42.5 Å². The van der Waals surface area contributed by atoms with Gasteiger partial charge in [-0.1, -0.05) is 29.8 Å². The second-order valence-corrected chi connectivity index (χ2v) is 11.5. The minimum Gasteiger partial charge on any atom is -0.421 e. The molecule has 4 rings (SSSR count). The number of halogens is 3. The Bertz CT molecular complexity index is 1640. The highest BCUT2D eigenvalue weighted by molar-refractivity contribution is 7.90. The Morgan fingerprint density at radius 2 is 1.79 bits per heavy atom. The number of ether oxygens (including phenoxy) is 1. The van der Waals surface area contributed by atoms with Gasteiger partial charge in [-0.25, -0.2) is 26.4 Å². The Hall–Kier alpha value is -3.24. The fourth-order valence-electron chi connectivity index (χ4n) is 3.18. The molecule has 2 heterocycles. The lowest BCUT2D eigenvalue weighted by Crippen LogP contribution is -2.15. The van der Waals surface area contributed by atoms with E-state index in [0.717, 1.165) is 23.1 Å². The van der Waals surface area contributed by atoms with E-state index in [1.165, 1.54) is 0 Å². The zero-order chi connectivity index (χ0) is 29.0. The van der Waals surface area contributed by atoms with E-state index in [1.54, 1.807) is 24.3 Å². The van der Waals surface area contributed by atoms with E-state index >= 15 is 0 Å². The van der Waals surface area contributed by atoms with Crippen molar-refractivity contribution in [1.82, 2.24) is 19.7 Å². The third-order valence-electron chi connectivity index (χ3n) is 4.69. The van der Waals surface area contributed by atoms with E-state index in [0.29, 0.717) is 27.7 Å². The van der Waals surface area contributed by atoms with Gasteiger partial charge in [-0.2, -0.15) is 15.1 Å². The summed E-state index contributed by atoms with van der Waals surface area (Å²) in [7, 11) is -7.93. The molecule has 0 saturated carbocycles. The molecule has 0 unspecified atom stereocenters. The number of aliphatic hydroxyl groups excluding tert-OH is 1.